The molecular formula is C22H24F2N2O. The number of carbonyl (C=O) groups excluding carboxylic acids is 1. The number of rotatable bonds is 3. The summed E-state index contributed by atoms with van der Waals surface area (Å²) in [7, 11) is 1.66. The Labute approximate surface area is 158 Å². The van der Waals surface area contributed by atoms with Gasteiger partial charge in [0.05, 0.1) is 11.5 Å². The van der Waals surface area contributed by atoms with Crippen LogP contribution in [0.15, 0.2) is 60.9 Å². The van der Waals surface area contributed by atoms with Crippen LogP contribution in [-0.2, 0) is 16.3 Å². The Kier molecular flexibility index (Phi) is 4.58. The number of nitrogens with one attached hydrogen (secondary N) is 1. The molecule has 0 aliphatic carbocycles. The zero-order valence-electron chi connectivity index (χ0n) is 16.0. The number of alkyl halides is 2. The van der Waals surface area contributed by atoms with Gasteiger partial charge in [-0.15, -0.1) is 0 Å². The molecule has 1 saturated heterocycles. The van der Waals surface area contributed by atoms with Crippen LogP contribution >= 0.6 is 0 Å². The molecular weight excluding hydrogens is 346 g/mol. The summed E-state index contributed by atoms with van der Waals surface area (Å²) in [5.41, 5.74) is 1.92. The Bertz CT molecular complexity index is 869. The summed E-state index contributed by atoms with van der Waals surface area (Å²) < 4.78 is 27.1. The van der Waals surface area contributed by atoms with Crippen molar-refractivity contribution >= 4 is 5.91 Å². The summed E-state index contributed by atoms with van der Waals surface area (Å²) in [6.07, 6.45) is 0. The van der Waals surface area contributed by atoms with Crippen LogP contribution in [0.1, 0.15) is 42.0 Å². The van der Waals surface area contributed by atoms with E-state index in [-0.39, 0.29) is 11.5 Å². The highest BCUT2D eigenvalue weighted by Crippen LogP contribution is 2.42. The molecule has 1 heterocycles. The number of halogens is 2. The molecule has 0 unspecified atom stereocenters. The van der Waals surface area contributed by atoms with Crippen LogP contribution in [0, 0.1) is 6.92 Å². The van der Waals surface area contributed by atoms with Gasteiger partial charge in [-0.1, -0.05) is 60.7 Å². The molecule has 1 amide bonds. The van der Waals surface area contributed by atoms with Crippen LogP contribution in [0.4, 0.5) is 8.78 Å². The zero-order chi connectivity index (χ0) is 20.0. The lowest BCUT2D eigenvalue weighted by molar-refractivity contribution is -0.134. The molecule has 0 radical (unpaired) electrons. The highest BCUT2D eigenvalue weighted by molar-refractivity contribution is 5.88. The summed E-state index contributed by atoms with van der Waals surface area (Å²) in [5, 5.41) is 3.36. The fraction of sp³-hybridized carbons (Fsp3) is 0.318. The Balaban J connectivity index is 2.11. The summed E-state index contributed by atoms with van der Waals surface area (Å²) in [5.74, 6) is -3.11. The molecule has 0 spiro atoms. The Morgan fingerprint density at radius 3 is 2.19 bits per heavy atom. The first-order valence-electron chi connectivity index (χ1n) is 8.84. The minimum Gasteiger partial charge on any atom is -0.362 e. The third-order valence-electron chi connectivity index (χ3n) is 5.37. The van der Waals surface area contributed by atoms with Gasteiger partial charge in [0.1, 0.15) is 5.82 Å². The Morgan fingerprint density at radius 2 is 1.67 bits per heavy atom. The molecule has 2 atom stereocenters. The van der Waals surface area contributed by atoms with Crippen LogP contribution in [0.3, 0.4) is 0 Å². The molecule has 5 heteroatoms. The zero-order valence-corrected chi connectivity index (χ0v) is 16.0. The van der Waals surface area contributed by atoms with Gasteiger partial charge in [0, 0.05) is 19.5 Å². The molecule has 27 heavy (non-hydrogen) atoms. The molecule has 0 saturated carbocycles. The number of carbonyl (C=O) groups is 1. The monoisotopic (exact) mass is 370 g/mol. The van der Waals surface area contributed by atoms with Crippen molar-refractivity contribution in [3.8, 4) is 0 Å². The smallest absolute Gasteiger partial charge is 0.270 e. The van der Waals surface area contributed by atoms with Gasteiger partial charge in [-0.25, -0.2) is 8.78 Å². The molecule has 1 aliphatic heterocycles. The van der Waals surface area contributed by atoms with E-state index in [4.69, 9.17) is 0 Å². The van der Waals surface area contributed by atoms with Crippen LogP contribution in [0.25, 0.3) is 0 Å². The molecule has 1 N–H and O–H groups in total. The number of nitrogens with zero attached hydrogens (tertiary/aromatic N) is 1. The molecule has 0 aromatic heterocycles. The van der Waals surface area contributed by atoms with E-state index in [9.17, 15) is 13.6 Å². The summed E-state index contributed by atoms with van der Waals surface area (Å²) in [4.78, 5) is 14.6. The first-order valence-corrected chi connectivity index (χ1v) is 8.84. The lowest BCUT2D eigenvalue weighted by atomic mass is 9.73. The number of hydrogen-bond acceptors (Lipinski definition) is 2. The topological polar surface area (TPSA) is 32.3 Å². The first kappa shape index (κ1) is 19.1. The maximum absolute atomic E-state index is 13.6. The van der Waals surface area contributed by atoms with E-state index in [2.05, 4.69) is 11.9 Å². The summed E-state index contributed by atoms with van der Waals surface area (Å²) in [6.45, 7) is 8.76. The van der Waals surface area contributed by atoms with Crippen molar-refractivity contribution in [1.29, 1.82) is 0 Å². The largest absolute Gasteiger partial charge is 0.362 e. The highest BCUT2D eigenvalue weighted by Gasteiger charge is 2.47. The normalized spacial score (nSPS) is 23.3. The number of likely N-dealkylation sites (N-methyl/N-ethyl adjacent to an activating group) is 1. The molecule has 3 nitrogen and oxygen atoms in total. The average Bonchev–Trinajstić information content (AvgIpc) is 2.60. The van der Waals surface area contributed by atoms with E-state index < -0.39 is 17.4 Å². The minimum absolute atomic E-state index is 0.0720. The van der Waals surface area contributed by atoms with Gasteiger partial charge in [0.2, 0.25) is 5.91 Å². The second-order valence-corrected chi connectivity index (χ2v) is 7.48. The van der Waals surface area contributed by atoms with Crippen LogP contribution < -0.4 is 5.32 Å². The van der Waals surface area contributed by atoms with E-state index in [1.54, 1.807) is 19.2 Å². The van der Waals surface area contributed by atoms with Gasteiger partial charge in [0.25, 0.3) is 5.92 Å². The third kappa shape index (κ3) is 3.34. The maximum atomic E-state index is 13.6. The van der Waals surface area contributed by atoms with Gasteiger partial charge in [-0.3, -0.25) is 4.79 Å². The predicted molar refractivity (Wildman–Crippen MR) is 102 cm³/mol. The standard InChI is InChI=1S/C22H24F2N2O/c1-14-6-10-17(11-7-14)21(3)19(20(27)26(5)15(2)25-21)16-8-12-18(13-9-16)22(4,23)24/h6-13,19,25H,2H2,1,3-5H3/t19-,21+/m0/s1. The van der Waals surface area contributed by atoms with Crippen molar-refractivity contribution in [2.75, 3.05) is 7.05 Å². The predicted octanol–water partition coefficient (Wildman–Crippen LogP) is 4.64. The van der Waals surface area contributed by atoms with E-state index in [0.717, 1.165) is 18.1 Å². The molecule has 1 fully saturated rings. The summed E-state index contributed by atoms with van der Waals surface area (Å²) >= 11 is 0. The van der Waals surface area contributed by atoms with Gasteiger partial charge < -0.3 is 10.2 Å². The van der Waals surface area contributed by atoms with Gasteiger partial charge >= 0.3 is 0 Å². The molecule has 2 aromatic carbocycles. The molecule has 0 bridgehead atoms. The number of hydrogen-bond donors (Lipinski definition) is 1. The number of amides is 1. The van der Waals surface area contributed by atoms with E-state index in [1.165, 1.54) is 17.0 Å². The third-order valence-corrected chi connectivity index (χ3v) is 5.37. The van der Waals surface area contributed by atoms with Crippen molar-refractivity contribution in [1.82, 2.24) is 10.2 Å². The van der Waals surface area contributed by atoms with E-state index in [0.29, 0.717) is 11.4 Å². The van der Waals surface area contributed by atoms with Crippen molar-refractivity contribution in [2.45, 2.75) is 38.2 Å². The second-order valence-electron chi connectivity index (χ2n) is 7.48. The van der Waals surface area contributed by atoms with Crippen molar-refractivity contribution in [3.05, 3.63) is 83.2 Å². The lowest BCUT2D eigenvalue weighted by Crippen LogP contribution is -2.57. The van der Waals surface area contributed by atoms with Gasteiger partial charge in [-0.2, -0.15) is 0 Å². The van der Waals surface area contributed by atoms with E-state index >= 15 is 0 Å². The van der Waals surface area contributed by atoms with Gasteiger partial charge in [-0.05, 0) is 25.0 Å². The fourth-order valence-corrected chi connectivity index (χ4v) is 3.61. The fourth-order valence-electron chi connectivity index (χ4n) is 3.61. The first-order chi connectivity index (χ1) is 12.5. The van der Waals surface area contributed by atoms with Crippen molar-refractivity contribution in [3.63, 3.8) is 0 Å². The summed E-state index contributed by atoms with van der Waals surface area (Å²) in [6, 6.07) is 14.0. The quantitative estimate of drug-likeness (QED) is 0.854. The minimum atomic E-state index is -2.92. The lowest BCUT2D eigenvalue weighted by Gasteiger charge is -2.47. The molecule has 142 valence electrons. The van der Waals surface area contributed by atoms with Gasteiger partial charge in [0.15, 0.2) is 0 Å². The average molecular weight is 370 g/mol. The van der Waals surface area contributed by atoms with E-state index in [1.807, 2.05) is 38.1 Å². The van der Waals surface area contributed by atoms with Crippen LogP contribution in [0.5, 0.6) is 0 Å². The highest BCUT2D eigenvalue weighted by atomic mass is 19.3. The van der Waals surface area contributed by atoms with Crippen molar-refractivity contribution < 1.29 is 13.6 Å². The van der Waals surface area contributed by atoms with Crippen molar-refractivity contribution in [2.24, 2.45) is 0 Å². The molecule has 1 aliphatic rings. The molecule has 2 aromatic rings. The Hall–Kier alpha value is -2.69. The Morgan fingerprint density at radius 1 is 1.11 bits per heavy atom. The maximum Gasteiger partial charge on any atom is 0.270 e. The second kappa shape index (κ2) is 6.48. The van der Waals surface area contributed by atoms with Crippen LogP contribution in [0.2, 0.25) is 0 Å². The van der Waals surface area contributed by atoms with Crippen LogP contribution in [-0.4, -0.2) is 17.9 Å². The molecule has 3 rings (SSSR count). The number of aryl methyl sites for hydroxylation is 1. The number of benzene rings is 2. The SMILES string of the molecule is C=C1N[C@](C)(c2ccc(C)cc2)[C@@H](c2ccc(C(C)(F)F)cc2)C(=O)N1C.